The number of likely N-dealkylation sites (tertiary alicyclic amines) is 1. The lowest BCUT2D eigenvalue weighted by Crippen LogP contribution is -2.29. The summed E-state index contributed by atoms with van der Waals surface area (Å²) in [6.07, 6.45) is 2.49. The smallest absolute Gasteiger partial charge is 0.0972 e. The van der Waals surface area contributed by atoms with Gasteiger partial charge in [-0.3, -0.25) is 0 Å². The van der Waals surface area contributed by atoms with Crippen molar-refractivity contribution in [2.75, 3.05) is 27.2 Å². The second-order valence-electron chi connectivity index (χ2n) is 4.38. The molecule has 90 valence electrons. The fourth-order valence-corrected chi connectivity index (χ4v) is 3.76. The third-order valence-corrected chi connectivity index (χ3v) is 5.07. The maximum Gasteiger partial charge on any atom is 0.0972 e. The van der Waals surface area contributed by atoms with Crippen molar-refractivity contribution in [1.82, 2.24) is 15.2 Å². The minimum Gasteiger partial charge on any atom is -0.314 e. The molecule has 1 aromatic heterocycles. The Kier molecular flexibility index (Phi) is 4.35. The number of piperidine rings is 1. The van der Waals surface area contributed by atoms with Gasteiger partial charge >= 0.3 is 0 Å². The zero-order chi connectivity index (χ0) is 11.5. The summed E-state index contributed by atoms with van der Waals surface area (Å²) in [5.74, 6) is 0.670. The van der Waals surface area contributed by atoms with Crippen molar-refractivity contribution < 1.29 is 0 Å². The quantitative estimate of drug-likeness (QED) is 0.929. The molecular formula is C11H18BrN3S. The van der Waals surface area contributed by atoms with E-state index in [0.29, 0.717) is 5.92 Å². The van der Waals surface area contributed by atoms with E-state index in [1.165, 1.54) is 34.7 Å². The van der Waals surface area contributed by atoms with Crippen LogP contribution in [0.2, 0.25) is 0 Å². The van der Waals surface area contributed by atoms with Crippen molar-refractivity contribution >= 4 is 27.3 Å². The fraction of sp³-hybridized carbons (Fsp3) is 0.727. The highest BCUT2D eigenvalue weighted by Gasteiger charge is 2.22. The second kappa shape index (κ2) is 5.58. The first kappa shape index (κ1) is 12.5. The summed E-state index contributed by atoms with van der Waals surface area (Å²) in [6.45, 7) is 3.25. The van der Waals surface area contributed by atoms with E-state index < -0.39 is 0 Å². The molecule has 0 radical (unpaired) electrons. The second-order valence-corrected chi connectivity index (χ2v) is 6.73. The first-order valence-corrected chi connectivity index (χ1v) is 7.30. The number of nitrogens with zero attached hydrogens (tertiary/aromatic N) is 2. The van der Waals surface area contributed by atoms with Gasteiger partial charge in [0.15, 0.2) is 0 Å². The van der Waals surface area contributed by atoms with Gasteiger partial charge in [-0.15, -0.1) is 11.3 Å². The monoisotopic (exact) mass is 303 g/mol. The normalized spacial score (nSPS) is 19.2. The van der Waals surface area contributed by atoms with Crippen LogP contribution in [0, 0.1) is 0 Å². The van der Waals surface area contributed by atoms with E-state index in [1.54, 1.807) is 0 Å². The molecule has 0 amide bonds. The predicted molar refractivity (Wildman–Crippen MR) is 72.0 cm³/mol. The Morgan fingerprint density at radius 2 is 2.19 bits per heavy atom. The molecule has 0 saturated carbocycles. The molecular weight excluding hydrogens is 286 g/mol. The average molecular weight is 304 g/mol. The molecule has 1 saturated heterocycles. The summed E-state index contributed by atoms with van der Waals surface area (Å²) in [5.41, 5.74) is 1.15. The van der Waals surface area contributed by atoms with Crippen LogP contribution in [0.5, 0.6) is 0 Å². The number of hydrogen-bond acceptors (Lipinski definition) is 4. The highest BCUT2D eigenvalue weighted by molar-refractivity contribution is 9.11. The van der Waals surface area contributed by atoms with Gasteiger partial charge < -0.3 is 10.2 Å². The Morgan fingerprint density at radius 3 is 2.81 bits per heavy atom. The molecule has 2 rings (SSSR count). The van der Waals surface area contributed by atoms with Gasteiger partial charge in [-0.2, -0.15) is 0 Å². The van der Waals surface area contributed by atoms with Gasteiger partial charge in [0.05, 0.1) is 14.5 Å². The van der Waals surface area contributed by atoms with Gasteiger partial charge in [0.25, 0.3) is 0 Å². The maximum absolute atomic E-state index is 4.74. The average Bonchev–Trinajstić information content (AvgIpc) is 2.62. The molecule has 1 aliphatic rings. The minimum absolute atomic E-state index is 0.670. The van der Waals surface area contributed by atoms with Crippen molar-refractivity contribution in [2.24, 2.45) is 0 Å². The third-order valence-electron chi connectivity index (χ3n) is 3.08. The van der Waals surface area contributed by atoms with Crippen molar-refractivity contribution in [1.29, 1.82) is 0 Å². The topological polar surface area (TPSA) is 28.2 Å². The summed E-state index contributed by atoms with van der Waals surface area (Å²) in [5, 5.41) is 4.46. The van der Waals surface area contributed by atoms with E-state index in [1.807, 2.05) is 18.4 Å². The standard InChI is InChI=1S/C11H18BrN3S/c1-13-7-9-10(12)16-11(14-9)8-3-5-15(2)6-4-8/h8,13H,3-7H2,1-2H3. The van der Waals surface area contributed by atoms with Crippen molar-refractivity contribution in [3.05, 3.63) is 14.5 Å². The van der Waals surface area contributed by atoms with Crippen LogP contribution in [0.3, 0.4) is 0 Å². The van der Waals surface area contributed by atoms with E-state index in [2.05, 4.69) is 33.2 Å². The van der Waals surface area contributed by atoms with Gasteiger partial charge in [-0.25, -0.2) is 4.98 Å². The Balaban J connectivity index is 2.06. The first-order valence-electron chi connectivity index (χ1n) is 5.69. The van der Waals surface area contributed by atoms with Crippen LogP contribution < -0.4 is 5.32 Å². The minimum atomic E-state index is 0.670. The largest absolute Gasteiger partial charge is 0.314 e. The Labute approximate surface area is 109 Å². The molecule has 0 bridgehead atoms. The highest BCUT2D eigenvalue weighted by Crippen LogP contribution is 2.34. The van der Waals surface area contributed by atoms with Crippen LogP contribution in [0.4, 0.5) is 0 Å². The Bertz CT molecular complexity index is 345. The Hall–Kier alpha value is 0.0300. The number of halogens is 1. The van der Waals surface area contributed by atoms with Gasteiger partial charge in [-0.05, 0) is 56.0 Å². The molecule has 0 atom stereocenters. The Morgan fingerprint density at radius 1 is 1.50 bits per heavy atom. The van der Waals surface area contributed by atoms with E-state index in [0.717, 1.165) is 12.2 Å². The maximum atomic E-state index is 4.74. The zero-order valence-electron chi connectivity index (χ0n) is 9.79. The summed E-state index contributed by atoms with van der Waals surface area (Å²) in [6, 6.07) is 0. The van der Waals surface area contributed by atoms with Crippen LogP contribution in [0.1, 0.15) is 29.5 Å². The van der Waals surface area contributed by atoms with Crippen LogP contribution in [-0.4, -0.2) is 37.1 Å². The van der Waals surface area contributed by atoms with Gasteiger partial charge in [0.2, 0.25) is 0 Å². The number of nitrogens with one attached hydrogen (secondary N) is 1. The predicted octanol–water partition coefficient (Wildman–Crippen LogP) is 2.43. The first-order chi connectivity index (χ1) is 7.70. The number of aromatic nitrogens is 1. The molecule has 1 N–H and O–H groups in total. The van der Waals surface area contributed by atoms with Crippen molar-refractivity contribution in [3.8, 4) is 0 Å². The van der Waals surface area contributed by atoms with Gasteiger partial charge in [-0.1, -0.05) is 0 Å². The summed E-state index contributed by atoms with van der Waals surface area (Å²) < 4.78 is 1.19. The lowest BCUT2D eigenvalue weighted by atomic mass is 9.98. The van der Waals surface area contributed by atoms with E-state index in [9.17, 15) is 0 Å². The molecule has 1 aliphatic heterocycles. The number of rotatable bonds is 3. The van der Waals surface area contributed by atoms with Crippen LogP contribution in [-0.2, 0) is 6.54 Å². The lowest BCUT2D eigenvalue weighted by molar-refractivity contribution is 0.255. The van der Waals surface area contributed by atoms with Gasteiger partial charge in [0, 0.05) is 12.5 Å². The number of thiazole rings is 1. The van der Waals surface area contributed by atoms with Crippen LogP contribution in [0.25, 0.3) is 0 Å². The van der Waals surface area contributed by atoms with Gasteiger partial charge in [0.1, 0.15) is 0 Å². The fourth-order valence-electron chi connectivity index (χ4n) is 2.06. The number of hydrogen-bond donors (Lipinski definition) is 1. The van der Waals surface area contributed by atoms with Crippen LogP contribution >= 0.6 is 27.3 Å². The SMILES string of the molecule is CNCc1nc(C2CCN(C)CC2)sc1Br. The molecule has 1 fully saturated rings. The zero-order valence-corrected chi connectivity index (χ0v) is 12.2. The van der Waals surface area contributed by atoms with Crippen LogP contribution in [0.15, 0.2) is 3.79 Å². The molecule has 0 aliphatic carbocycles. The summed E-state index contributed by atoms with van der Waals surface area (Å²) >= 11 is 5.41. The summed E-state index contributed by atoms with van der Waals surface area (Å²) in [7, 11) is 4.15. The molecule has 16 heavy (non-hydrogen) atoms. The molecule has 0 unspecified atom stereocenters. The third kappa shape index (κ3) is 2.83. The summed E-state index contributed by atoms with van der Waals surface area (Å²) in [4.78, 5) is 7.14. The highest BCUT2D eigenvalue weighted by atomic mass is 79.9. The molecule has 3 nitrogen and oxygen atoms in total. The molecule has 0 spiro atoms. The van der Waals surface area contributed by atoms with Crippen molar-refractivity contribution in [3.63, 3.8) is 0 Å². The molecule has 1 aromatic rings. The molecule has 0 aromatic carbocycles. The van der Waals surface area contributed by atoms with Crippen molar-refractivity contribution in [2.45, 2.75) is 25.3 Å². The molecule has 2 heterocycles. The van der Waals surface area contributed by atoms with E-state index in [4.69, 9.17) is 4.98 Å². The van der Waals surface area contributed by atoms with E-state index >= 15 is 0 Å². The molecule has 5 heteroatoms. The lowest BCUT2D eigenvalue weighted by Gasteiger charge is -2.27. The van der Waals surface area contributed by atoms with E-state index in [-0.39, 0.29) is 0 Å².